The molecule has 96 valence electrons. The van der Waals surface area contributed by atoms with Gasteiger partial charge in [0.05, 0.1) is 11.9 Å². The van der Waals surface area contributed by atoms with Gasteiger partial charge in [-0.15, -0.1) is 0 Å². The monoisotopic (exact) mass is 230 g/mol. The average molecular weight is 230 g/mol. The van der Waals surface area contributed by atoms with Gasteiger partial charge in [-0.3, -0.25) is 0 Å². The van der Waals surface area contributed by atoms with E-state index in [4.69, 9.17) is 0 Å². The zero-order valence-electron chi connectivity index (χ0n) is 8.79. The number of hydrogen-bond donors (Lipinski definition) is 0. The summed E-state index contributed by atoms with van der Waals surface area (Å²) >= 11 is 0. The van der Waals surface area contributed by atoms with Gasteiger partial charge in [-0.05, 0) is 38.8 Å². The molecule has 0 spiro atoms. The van der Waals surface area contributed by atoms with Gasteiger partial charge in [0, 0.05) is 0 Å². The maximum absolute atomic E-state index is 9.75. The molecule has 0 fully saturated rings. The molecule has 4 nitrogen and oxygen atoms in total. The van der Waals surface area contributed by atoms with Crippen LogP contribution >= 0.6 is 0 Å². The molecular formula is C12H22O4-2. The zero-order valence-corrected chi connectivity index (χ0v) is 8.79. The Kier molecular flexibility index (Phi) is 20.1. The normalized spacial score (nSPS) is 10.0. The van der Waals surface area contributed by atoms with Crippen LogP contribution < -0.4 is 10.2 Å². The topological polar surface area (TPSA) is 80.3 Å². The molecule has 0 aromatic carbocycles. The van der Waals surface area contributed by atoms with Crippen LogP contribution in [0.25, 0.3) is 0 Å². The van der Waals surface area contributed by atoms with Gasteiger partial charge in [0.15, 0.2) is 0 Å². The van der Waals surface area contributed by atoms with Crippen LogP contribution in [0.3, 0.4) is 0 Å². The van der Waals surface area contributed by atoms with E-state index in [0.29, 0.717) is 0 Å². The maximum atomic E-state index is 9.75. The molecule has 4 heteroatoms. The molecule has 0 heterocycles. The van der Waals surface area contributed by atoms with Gasteiger partial charge in [-0.2, -0.15) is 0 Å². The highest BCUT2D eigenvalue weighted by Gasteiger charge is 1.81. The fourth-order valence-electron chi connectivity index (χ4n) is 0.236. The summed E-state index contributed by atoms with van der Waals surface area (Å²) in [5, 5.41) is 19.5. The molecule has 0 aromatic heterocycles. The summed E-state index contributed by atoms with van der Waals surface area (Å²) in [5.74, 6) is -2.19. The Bertz CT molecular complexity index is 234. The first-order valence-corrected chi connectivity index (χ1v) is 4.05. The van der Waals surface area contributed by atoms with Crippen LogP contribution in [0.2, 0.25) is 0 Å². The van der Waals surface area contributed by atoms with E-state index in [0.717, 1.165) is 0 Å². The third-order valence-electron chi connectivity index (χ3n) is 1.51. The van der Waals surface area contributed by atoms with Crippen molar-refractivity contribution in [3.8, 4) is 0 Å². The lowest BCUT2D eigenvalue weighted by atomic mass is 10.3. The second-order valence-electron chi connectivity index (χ2n) is 2.52. The first-order valence-electron chi connectivity index (χ1n) is 4.05. The Morgan fingerprint density at radius 1 is 0.812 bits per heavy atom. The molecule has 0 aliphatic rings. The van der Waals surface area contributed by atoms with Crippen LogP contribution in [0, 0.1) is 0 Å². The molecule has 0 N–H and O–H groups in total. The smallest absolute Gasteiger partial charge is 0.0668 e. The third kappa shape index (κ3) is 14.9. The van der Waals surface area contributed by atoms with Crippen LogP contribution in [0.5, 0.6) is 0 Å². The van der Waals surface area contributed by atoms with Crippen LogP contribution in [0.15, 0.2) is 23.3 Å². The van der Waals surface area contributed by atoms with E-state index in [1.54, 1.807) is 13.8 Å². The minimum atomic E-state index is -1.09. The van der Waals surface area contributed by atoms with E-state index in [1.807, 2.05) is 0 Å². The molecular weight excluding hydrogens is 208 g/mol. The number of allylic oxidation sites excluding steroid dienone is 2. The molecule has 0 aliphatic heterocycles. The van der Waals surface area contributed by atoms with Gasteiger partial charge in [-0.25, -0.2) is 0 Å². The Balaban J connectivity index is -0.0000000800. The number of carbonyl (C=O) groups is 2. The Morgan fingerprint density at radius 2 is 1.00 bits per heavy atom. The van der Waals surface area contributed by atoms with E-state index >= 15 is 0 Å². The van der Waals surface area contributed by atoms with Crippen molar-refractivity contribution in [2.75, 3.05) is 0 Å². The van der Waals surface area contributed by atoms with Crippen LogP contribution in [0.1, 0.15) is 42.5 Å². The number of rotatable bonds is 2. The maximum Gasteiger partial charge on any atom is 0.0668 e. The van der Waals surface area contributed by atoms with Gasteiger partial charge in [0.2, 0.25) is 0 Å². The molecule has 0 saturated carbocycles. The summed E-state index contributed by atoms with van der Waals surface area (Å²) in [5.41, 5.74) is 0.556. The van der Waals surface area contributed by atoms with Crippen molar-refractivity contribution < 1.29 is 19.8 Å². The highest BCUT2D eigenvalue weighted by Crippen LogP contribution is 1.85. The summed E-state index contributed by atoms with van der Waals surface area (Å²) in [7, 11) is 0. The summed E-state index contributed by atoms with van der Waals surface area (Å²) < 4.78 is 0. The van der Waals surface area contributed by atoms with Crippen LogP contribution in [-0.2, 0) is 9.59 Å². The van der Waals surface area contributed by atoms with Crippen LogP contribution in [-0.4, -0.2) is 11.9 Å². The Morgan fingerprint density at radius 3 is 1.00 bits per heavy atom. The Hall–Kier alpha value is -1.58. The predicted octanol–water partition coefficient (Wildman–Crippen LogP) is 0.677. The van der Waals surface area contributed by atoms with E-state index in [-0.39, 0.29) is 26.0 Å². The molecule has 0 unspecified atom stereocenters. The second-order valence-corrected chi connectivity index (χ2v) is 2.52. The standard InChI is InChI=1S/2C5H8O2.2CH4/c2*1-3-4(2)5(6)7;;/h2*3H,1-2H3,(H,6,7);2*1H4/p-2/b4-3+;4-3-;;. The molecule has 0 aliphatic carbocycles. The molecule has 0 rings (SSSR count). The van der Waals surface area contributed by atoms with Crippen molar-refractivity contribution in [2.24, 2.45) is 0 Å². The lowest BCUT2D eigenvalue weighted by Crippen LogP contribution is -2.22. The van der Waals surface area contributed by atoms with E-state index in [2.05, 4.69) is 0 Å². The number of aliphatic carboxylic acids is 2. The van der Waals surface area contributed by atoms with E-state index < -0.39 is 11.9 Å². The van der Waals surface area contributed by atoms with Crippen molar-refractivity contribution in [1.29, 1.82) is 0 Å². The fourth-order valence-corrected chi connectivity index (χ4v) is 0.236. The Labute approximate surface area is 98.3 Å². The highest BCUT2D eigenvalue weighted by molar-refractivity contribution is 5.83. The van der Waals surface area contributed by atoms with Crippen molar-refractivity contribution in [3.05, 3.63) is 23.3 Å². The second kappa shape index (κ2) is 13.4. The van der Waals surface area contributed by atoms with E-state index in [1.165, 1.54) is 26.0 Å². The van der Waals surface area contributed by atoms with Crippen molar-refractivity contribution >= 4 is 11.9 Å². The molecule has 0 saturated heterocycles. The molecule has 0 bridgehead atoms. The van der Waals surface area contributed by atoms with Gasteiger partial charge in [0.25, 0.3) is 0 Å². The third-order valence-corrected chi connectivity index (χ3v) is 1.51. The van der Waals surface area contributed by atoms with Crippen molar-refractivity contribution in [2.45, 2.75) is 42.5 Å². The van der Waals surface area contributed by atoms with E-state index in [9.17, 15) is 19.8 Å². The van der Waals surface area contributed by atoms with Gasteiger partial charge >= 0.3 is 0 Å². The number of carbonyl (C=O) groups excluding carboxylic acids is 2. The number of hydrogen-bond acceptors (Lipinski definition) is 4. The molecule has 0 atom stereocenters. The molecule has 0 radical (unpaired) electrons. The summed E-state index contributed by atoms with van der Waals surface area (Å²) in [6.07, 6.45) is 2.99. The SMILES string of the molecule is C.C.C/C=C(/C)C(=O)[O-].C/C=C(\C)C(=O)[O-]. The van der Waals surface area contributed by atoms with Gasteiger partial charge < -0.3 is 19.8 Å². The van der Waals surface area contributed by atoms with Crippen molar-refractivity contribution in [1.82, 2.24) is 0 Å². The summed E-state index contributed by atoms with van der Waals surface area (Å²) in [6.45, 7) is 6.31. The average Bonchev–Trinajstić information content (AvgIpc) is 2.15. The lowest BCUT2D eigenvalue weighted by molar-refractivity contribution is -0.300. The van der Waals surface area contributed by atoms with Crippen molar-refractivity contribution in [3.63, 3.8) is 0 Å². The quantitative estimate of drug-likeness (QED) is 0.653. The largest absolute Gasteiger partial charge is 0.545 e. The molecule has 0 aromatic rings. The molecule has 16 heavy (non-hydrogen) atoms. The minimum absolute atomic E-state index is 0. The first-order chi connectivity index (χ1) is 6.36. The fraction of sp³-hybridized carbons (Fsp3) is 0.500. The molecule has 0 amide bonds. The summed E-state index contributed by atoms with van der Waals surface area (Å²) in [6, 6.07) is 0. The van der Waals surface area contributed by atoms with Crippen LogP contribution in [0.4, 0.5) is 0 Å². The minimum Gasteiger partial charge on any atom is -0.545 e. The number of carboxylic acids is 2. The van der Waals surface area contributed by atoms with Gasteiger partial charge in [-0.1, -0.05) is 27.0 Å². The number of carboxylic acid groups (broad SMARTS) is 2. The first kappa shape index (κ1) is 23.9. The summed E-state index contributed by atoms with van der Waals surface area (Å²) in [4.78, 5) is 19.5. The zero-order chi connectivity index (χ0) is 11.7. The predicted molar refractivity (Wildman–Crippen MR) is 62.3 cm³/mol. The lowest BCUT2D eigenvalue weighted by Gasteiger charge is -1.96. The highest BCUT2D eigenvalue weighted by atomic mass is 16.4. The van der Waals surface area contributed by atoms with Gasteiger partial charge in [0.1, 0.15) is 0 Å².